The van der Waals surface area contributed by atoms with E-state index in [2.05, 4.69) is 37.3 Å². The number of rotatable bonds is 7. The van der Waals surface area contributed by atoms with E-state index >= 15 is 0 Å². The molecule has 11 heteroatoms. The van der Waals surface area contributed by atoms with E-state index in [-0.39, 0.29) is 17.9 Å². The van der Waals surface area contributed by atoms with Gasteiger partial charge < -0.3 is 26.6 Å². The van der Waals surface area contributed by atoms with Crippen LogP contribution in [0.3, 0.4) is 0 Å². The molecule has 40 heavy (non-hydrogen) atoms. The third-order valence-corrected chi connectivity index (χ3v) is 7.60. The number of pyridine rings is 1. The van der Waals surface area contributed by atoms with Gasteiger partial charge in [0.1, 0.15) is 5.82 Å². The van der Waals surface area contributed by atoms with Crippen LogP contribution in [0.4, 0.5) is 27.9 Å². The van der Waals surface area contributed by atoms with Gasteiger partial charge in [0.15, 0.2) is 5.65 Å². The molecule has 5 N–H and O–H groups in total. The summed E-state index contributed by atoms with van der Waals surface area (Å²) < 4.78 is 0. The molecule has 0 saturated carbocycles. The third kappa shape index (κ3) is 5.99. The number of piperazine rings is 1. The maximum atomic E-state index is 12.6. The number of fused-ring (bicyclic) bond motifs is 1. The maximum absolute atomic E-state index is 12.6. The molecule has 11 nitrogen and oxygen atoms in total. The van der Waals surface area contributed by atoms with E-state index in [1.165, 1.54) is 0 Å². The van der Waals surface area contributed by atoms with Crippen molar-refractivity contribution in [3.63, 3.8) is 0 Å². The van der Waals surface area contributed by atoms with Gasteiger partial charge >= 0.3 is 6.03 Å². The average molecular weight is 544 g/mol. The van der Waals surface area contributed by atoms with E-state index < -0.39 is 12.1 Å². The first-order chi connectivity index (χ1) is 19.3. The molecule has 0 bridgehead atoms. The molecule has 1 aliphatic heterocycles. The Morgan fingerprint density at radius 3 is 2.42 bits per heavy atom. The van der Waals surface area contributed by atoms with Crippen molar-refractivity contribution in [2.75, 3.05) is 41.3 Å². The molecule has 2 atom stereocenters. The lowest BCUT2D eigenvalue weighted by atomic mass is 10.0. The minimum atomic E-state index is -0.521. The molecule has 2 aliphatic rings. The van der Waals surface area contributed by atoms with Gasteiger partial charge in [-0.05, 0) is 61.6 Å². The molecule has 1 fully saturated rings. The molecule has 3 amide bonds. The molecular weight excluding hydrogens is 506 g/mol. The van der Waals surface area contributed by atoms with Gasteiger partial charge in [0, 0.05) is 55.2 Å². The van der Waals surface area contributed by atoms with Crippen LogP contribution < -0.4 is 26.6 Å². The number of nitrogens with one attached hydrogen (secondary N) is 1. The minimum absolute atomic E-state index is 0.0218. The normalized spacial score (nSPS) is 18.1. The summed E-state index contributed by atoms with van der Waals surface area (Å²) in [6.07, 6.45) is 8.39. The molecule has 1 aromatic carbocycles. The predicted octanol–water partition coefficient (Wildman–Crippen LogP) is 3.39. The SMILES string of the molecule is CC(C)C(N)C(=O)N1CCN(c2ccc(Nc3ncc4ccc(N(C(N)=O)C5CC=CCC5)nc4n3)cc2)CC1. The lowest BCUT2D eigenvalue weighted by Gasteiger charge is -2.37. The Morgan fingerprint density at radius 1 is 1.02 bits per heavy atom. The smallest absolute Gasteiger partial charge is 0.320 e. The zero-order valence-electron chi connectivity index (χ0n) is 23.0. The van der Waals surface area contributed by atoms with Gasteiger partial charge in [-0.1, -0.05) is 26.0 Å². The van der Waals surface area contributed by atoms with Gasteiger partial charge in [-0.2, -0.15) is 4.98 Å². The molecule has 1 saturated heterocycles. The molecule has 0 spiro atoms. The van der Waals surface area contributed by atoms with Crippen LogP contribution in [0.1, 0.15) is 33.1 Å². The van der Waals surface area contributed by atoms with E-state index in [9.17, 15) is 9.59 Å². The van der Waals surface area contributed by atoms with Crippen molar-refractivity contribution in [2.24, 2.45) is 17.4 Å². The molecule has 3 heterocycles. The fourth-order valence-electron chi connectivity index (χ4n) is 5.15. The average Bonchev–Trinajstić information content (AvgIpc) is 2.97. The lowest BCUT2D eigenvalue weighted by molar-refractivity contribution is -0.133. The number of carbonyl (C=O) groups excluding carboxylic acids is 2. The second-order valence-electron chi connectivity index (χ2n) is 10.7. The van der Waals surface area contributed by atoms with E-state index in [1.54, 1.807) is 17.2 Å². The highest BCUT2D eigenvalue weighted by atomic mass is 16.2. The van der Waals surface area contributed by atoms with Crippen molar-refractivity contribution in [3.8, 4) is 0 Å². The highest BCUT2D eigenvalue weighted by Crippen LogP contribution is 2.26. The number of primary amides is 1. The quantitative estimate of drug-likeness (QED) is 0.384. The first-order valence-electron chi connectivity index (χ1n) is 13.8. The zero-order valence-corrected chi connectivity index (χ0v) is 23.0. The number of anilines is 4. The summed E-state index contributed by atoms with van der Waals surface area (Å²) in [7, 11) is 0. The van der Waals surface area contributed by atoms with E-state index in [0.717, 1.165) is 49.1 Å². The highest BCUT2D eigenvalue weighted by Gasteiger charge is 2.27. The van der Waals surface area contributed by atoms with Crippen LogP contribution in [0.25, 0.3) is 11.0 Å². The molecule has 2 unspecified atom stereocenters. The van der Waals surface area contributed by atoms with E-state index in [1.807, 2.05) is 49.1 Å². The largest absolute Gasteiger partial charge is 0.368 e. The third-order valence-electron chi connectivity index (χ3n) is 7.60. The first kappa shape index (κ1) is 27.3. The van der Waals surface area contributed by atoms with Crippen molar-refractivity contribution >= 4 is 46.1 Å². The minimum Gasteiger partial charge on any atom is -0.368 e. The summed E-state index contributed by atoms with van der Waals surface area (Å²) in [5, 5.41) is 4.01. The number of hydrogen-bond donors (Lipinski definition) is 3. The van der Waals surface area contributed by atoms with Crippen molar-refractivity contribution in [2.45, 2.75) is 45.2 Å². The number of allylic oxidation sites excluding steroid dienone is 1. The summed E-state index contributed by atoms with van der Waals surface area (Å²) in [5.41, 5.74) is 14.2. The van der Waals surface area contributed by atoms with Crippen LogP contribution >= 0.6 is 0 Å². The maximum Gasteiger partial charge on any atom is 0.320 e. The zero-order chi connectivity index (χ0) is 28.2. The predicted molar refractivity (Wildman–Crippen MR) is 158 cm³/mol. The van der Waals surface area contributed by atoms with Gasteiger partial charge in [-0.15, -0.1) is 0 Å². The number of urea groups is 1. The first-order valence-corrected chi connectivity index (χ1v) is 13.8. The van der Waals surface area contributed by atoms with Crippen LogP contribution in [-0.2, 0) is 4.79 Å². The fourth-order valence-corrected chi connectivity index (χ4v) is 5.15. The second-order valence-corrected chi connectivity index (χ2v) is 10.7. The molecular formula is C29H37N9O2. The van der Waals surface area contributed by atoms with E-state index in [4.69, 9.17) is 11.5 Å². The summed E-state index contributed by atoms with van der Waals surface area (Å²) in [5.74, 6) is 1.05. The molecule has 5 rings (SSSR count). The van der Waals surface area contributed by atoms with Crippen molar-refractivity contribution < 1.29 is 9.59 Å². The summed E-state index contributed by atoms with van der Waals surface area (Å²) >= 11 is 0. The van der Waals surface area contributed by atoms with Gasteiger partial charge in [0.25, 0.3) is 0 Å². The number of nitrogens with zero attached hydrogens (tertiary/aromatic N) is 6. The van der Waals surface area contributed by atoms with Crippen LogP contribution in [0.15, 0.2) is 54.7 Å². The second kappa shape index (κ2) is 11.9. The number of benzene rings is 1. The standard InChI is InChI=1S/C29H37N9O2/c1-19(2)25(30)27(39)37-16-14-36(15-17-37)22-11-9-21(10-12-22)33-29-32-18-20-8-13-24(34-26(20)35-29)38(28(31)40)23-6-4-3-5-7-23/h3-4,8-13,18-19,23,25H,5-7,14-17,30H2,1-2H3,(H2,31,40)(H,32,33,34,35). The van der Waals surface area contributed by atoms with Crippen LogP contribution in [0.2, 0.25) is 0 Å². The summed E-state index contributed by atoms with van der Waals surface area (Å²) in [6, 6.07) is 10.7. The van der Waals surface area contributed by atoms with E-state index in [0.29, 0.717) is 30.5 Å². The highest BCUT2D eigenvalue weighted by molar-refractivity contribution is 5.91. The Labute approximate surface area is 234 Å². The molecule has 0 radical (unpaired) electrons. The van der Waals surface area contributed by atoms with Crippen molar-refractivity contribution in [3.05, 3.63) is 54.7 Å². The molecule has 210 valence electrons. The number of hydrogen-bond acceptors (Lipinski definition) is 8. The Hall–Kier alpha value is -4.25. The van der Waals surface area contributed by atoms with Crippen LogP contribution in [0.5, 0.6) is 0 Å². The number of carbonyl (C=O) groups is 2. The van der Waals surface area contributed by atoms with Gasteiger partial charge in [0.05, 0.1) is 6.04 Å². The van der Waals surface area contributed by atoms with Gasteiger partial charge in [-0.25, -0.2) is 14.8 Å². The topological polar surface area (TPSA) is 147 Å². The van der Waals surface area contributed by atoms with Gasteiger partial charge in [-0.3, -0.25) is 9.69 Å². The number of amides is 3. The van der Waals surface area contributed by atoms with Gasteiger partial charge in [0.2, 0.25) is 11.9 Å². The Morgan fingerprint density at radius 2 is 1.77 bits per heavy atom. The molecule has 2 aromatic heterocycles. The Bertz CT molecular complexity index is 1380. The van der Waals surface area contributed by atoms with Crippen LogP contribution in [-0.4, -0.2) is 70.1 Å². The Kier molecular flexibility index (Phi) is 8.11. The fraction of sp³-hybridized carbons (Fsp3) is 0.414. The Balaban J connectivity index is 1.25. The summed E-state index contributed by atoms with van der Waals surface area (Å²) in [4.78, 5) is 44.2. The van der Waals surface area contributed by atoms with Crippen molar-refractivity contribution in [1.82, 2.24) is 19.9 Å². The monoisotopic (exact) mass is 543 g/mol. The van der Waals surface area contributed by atoms with Crippen LogP contribution in [0, 0.1) is 5.92 Å². The molecule has 3 aromatic rings. The lowest BCUT2D eigenvalue weighted by Crippen LogP contribution is -2.54. The number of nitrogens with two attached hydrogens (primary N) is 2. The summed E-state index contributed by atoms with van der Waals surface area (Å²) in [6.45, 7) is 6.76. The molecule has 1 aliphatic carbocycles. The van der Waals surface area contributed by atoms with Crippen molar-refractivity contribution in [1.29, 1.82) is 0 Å². The number of aromatic nitrogens is 3.